The second-order valence-electron chi connectivity index (χ2n) is 3.21. The van der Waals surface area contributed by atoms with Crippen LogP contribution in [0.1, 0.15) is 0 Å². The topological polar surface area (TPSA) is 41.6 Å². The maximum Gasteiger partial charge on any atom is 0.327 e. The van der Waals surface area contributed by atoms with E-state index in [1.54, 1.807) is 0 Å². The predicted octanol–water partition coefficient (Wildman–Crippen LogP) is 0.752. The molecule has 0 amide bonds. The van der Waals surface area contributed by atoms with E-state index in [2.05, 4.69) is 5.32 Å². The molecule has 0 aromatic heterocycles. The molecule has 0 spiro atoms. The second kappa shape index (κ2) is 6.33. The Hall–Kier alpha value is -0.290. The van der Waals surface area contributed by atoms with Crippen molar-refractivity contribution in [1.29, 1.82) is 0 Å². The van der Waals surface area contributed by atoms with Crippen LogP contribution in [0.4, 0.5) is 0 Å². The number of halogens is 2. The quantitative estimate of drug-likeness (QED) is 0.754. The number of carbonyl (C=O) groups excluding carboxylic acids is 1. The molecular weight excluding hydrogens is 239 g/mol. The van der Waals surface area contributed by atoms with Gasteiger partial charge in [-0.2, -0.15) is 0 Å². The van der Waals surface area contributed by atoms with Crippen molar-refractivity contribution >= 4 is 29.2 Å². The summed E-state index contributed by atoms with van der Waals surface area (Å²) < 4.78 is 4.79. The Kier molecular flexibility index (Phi) is 5.39. The number of esters is 1. The first-order valence-corrected chi connectivity index (χ1v) is 5.46. The fourth-order valence-corrected chi connectivity index (χ4v) is 1.76. The Morgan fingerprint density at radius 2 is 2.07 bits per heavy atom. The van der Waals surface area contributed by atoms with Gasteiger partial charge in [0.05, 0.1) is 7.11 Å². The Bertz CT molecular complexity index is 248. The number of hydrogen-bond acceptors (Lipinski definition) is 4. The minimum Gasteiger partial charge on any atom is -0.468 e. The van der Waals surface area contributed by atoms with Crippen LogP contribution in [0.3, 0.4) is 0 Å². The molecule has 1 aliphatic rings. The lowest BCUT2D eigenvalue weighted by Crippen LogP contribution is -2.50. The molecule has 0 bridgehead atoms. The average molecular weight is 253 g/mol. The Morgan fingerprint density at radius 3 is 2.53 bits per heavy atom. The summed E-state index contributed by atoms with van der Waals surface area (Å²) in [4.78, 5) is 13.5. The molecule has 1 saturated heterocycles. The van der Waals surface area contributed by atoms with Gasteiger partial charge in [-0.15, -0.1) is 0 Å². The molecule has 1 aliphatic heterocycles. The number of nitrogens with one attached hydrogen (secondary N) is 1. The third-order valence-electron chi connectivity index (χ3n) is 2.27. The van der Waals surface area contributed by atoms with Gasteiger partial charge in [0, 0.05) is 26.2 Å². The van der Waals surface area contributed by atoms with Gasteiger partial charge >= 0.3 is 5.97 Å². The van der Waals surface area contributed by atoms with Crippen molar-refractivity contribution < 1.29 is 9.53 Å². The van der Waals surface area contributed by atoms with Gasteiger partial charge in [-0.25, -0.2) is 0 Å². The van der Waals surface area contributed by atoms with Crippen LogP contribution >= 0.6 is 23.2 Å². The minimum absolute atomic E-state index is 0.0870. The molecule has 1 N–H and O–H groups in total. The van der Waals surface area contributed by atoms with E-state index in [1.807, 2.05) is 4.90 Å². The first kappa shape index (κ1) is 12.8. The van der Waals surface area contributed by atoms with Crippen LogP contribution in [0.2, 0.25) is 0 Å². The van der Waals surface area contributed by atoms with E-state index in [9.17, 15) is 4.79 Å². The van der Waals surface area contributed by atoms with Crippen LogP contribution in [0.5, 0.6) is 0 Å². The SMILES string of the molecule is COC(=O)[C@H](C=C(Cl)Cl)N1CCNCC1. The van der Waals surface area contributed by atoms with Crippen LogP contribution in [0.25, 0.3) is 0 Å². The van der Waals surface area contributed by atoms with Gasteiger partial charge in [0.25, 0.3) is 0 Å². The lowest BCUT2D eigenvalue weighted by Gasteiger charge is -2.31. The van der Waals surface area contributed by atoms with E-state index in [-0.39, 0.29) is 10.5 Å². The minimum atomic E-state index is -0.484. The average Bonchev–Trinajstić information content (AvgIpc) is 2.26. The molecule has 0 unspecified atom stereocenters. The zero-order chi connectivity index (χ0) is 11.3. The summed E-state index contributed by atoms with van der Waals surface area (Å²) in [7, 11) is 1.35. The van der Waals surface area contributed by atoms with Crippen LogP contribution in [-0.4, -0.2) is 50.2 Å². The molecule has 1 heterocycles. The highest BCUT2D eigenvalue weighted by Crippen LogP contribution is 2.13. The molecule has 4 nitrogen and oxygen atoms in total. The van der Waals surface area contributed by atoms with Crippen LogP contribution in [0, 0.1) is 0 Å². The second-order valence-corrected chi connectivity index (χ2v) is 4.22. The van der Waals surface area contributed by atoms with E-state index in [4.69, 9.17) is 27.9 Å². The third-order valence-corrected chi connectivity index (χ3v) is 2.52. The maximum atomic E-state index is 11.5. The summed E-state index contributed by atoms with van der Waals surface area (Å²) in [5, 5.41) is 3.20. The van der Waals surface area contributed by atoms with Gasteiger partial charge in [-0.1, -0.05) is 23.2 Å². The number of piperazine rings is 1. The molecule has 0 aliphatic carbocycles. The molecule has 0 saturated carbocycles. The first-order valence-electron chi connectivity index (χ1n) is 4.70. The zero-order valence-electron chi connectivity index (χ0n) is 8.50. The number of nitrogens with zero attached hydrogens (tertiary/aromatic N) is 1. The highest BCUT2D eigenvalue weighted by Gasteiger charge is 2.26. The summed E-state index contributed by atoms with van der Waals surface area (Å²) in [6.45, 7) is 3.25. The summed E-state index contributed by atoms with van der Waals surface area (Å²) in [5.41, 5.74) is 0. The first-order chi connectivity index (χ1) is 7.15. The van der Waals surface area contributed by atoms with E-state index in [0.29, 0.717) is 0 Å². The van der Waals surface area contributed by atoms with E-state index in [1.165, 1.54) is 13.2 Å². The lowest BCUT2D eigenvalue weighted by atomic mass is 10.2. The number of ether oxygens (including phenoxy) is 1. The molecule has 0 aromatic rings. The summed E-state index contributed by atoms with van der Waals surface area (Å²) >= 11 is 11.1. The number of hydrogen-bond donors (Lipinski definition) is 1. The molecule has 15 heavy (non-hydrogen) atoms. The van der Waals surface area contributed by atoms with Gasteiger partial charge in [0.1, 0.15) is 10.5 Å². The van der Waals surface area contributed by atoms with Gasteiger partial charge in [0.2, 0.25) is 0 Å². The Balaban J connectivity index is 2.70. The maximum absolute atomic E-state index is 11.5. The van der Waals surface area contributed by atoms with E-state index < -0.39 is 6.04 Å². The van der Waals surface area contributed by atoms with Crippen LogP contribution in [0.15, 0.2) is 10.6 Å². The smallest absolute Gasteiger partial charge is 0.327 e. The van der Waals surface area contributed by atoms with Crippen molar-refractivity contribution in [2.75, 3.05) is 33.3 Å². The number of rotatable bonds is 3. The molecule has 0 radical (unpaired) electrons. The van der Waals surface area contributed by atoms with Crippen molar-refractivity contribution in [3.63, 3.8) is 0 Å². The van der Waals surface area contributed by atoms with Crippen molar-refractivity contribution in [2.24, 2.45) is 0 Å². The summed E-state index contributed by atoms with van der Waals surface area (Å²) in [6.07, 6.45) is 1.50. The highest BCUT2D eigenvalue weighted by atomic mass is 35.5. The standard InChI is InChI=1S/C9H14Cl2N2O2/c1-15-9(14)7(6-8(10)11)13-4-2-12-3-5-13/h6-7,12H,2-5H2,1H3/t7-/m0/s1. The van der Waals surface area contributed by atoms with E-state index in [0.717, 1.165) is 26.2 Å². The molecule has 6 heteroatoms. The van der Waals surface area contributed by atoms with Crippen molar-refractivity contribution in [3.8, 4) is 0 Å². The van der Waals surface area contributed by atoms with Gasteiger partial charge in [-0.05, 0) is 6.08 Å². The van der Waals surface area contributed by atoms with Crippen molar-refractivity contribution in [3.05, 3.63) is 10.6 Å². The third kappa shape index (κ3) is 3.99. The van der Waals surface area contributed by atoms with Gasteiger partial charge in [0.15, 0.2) is 0 Å². The van der Waals surface area contributed by atoms with Gasteiger partial charge < -0.3 is 10.1 Å². The molecular formula is C9H14Cl2N2O2. The zero-order valence-corrected chi connectivity index (χ0v) is 10.0. The van der Waals surface area contributed by atoms with E-state index >= 15 is 0 Å². The largest absolute Gasteiger partial charge is 0.468 e. The Morgan fingerprint density at radius 1 is 1.47 bits per heavy atom. The fraction of sp³-hybridized carbons (Fsp3) is 0.667. The number of methoxy groups -OCH3 is 1. The molecule has 86 valence electrons. The van der Waals surface area contributed by atoms with Crippen LogP contribution in [-0.2, 0) is 9.53 Å². The predicted molar refractivity (Wildman–Crippen MR) is 60.0 cm³/mol. The van der Waals surface area contributed by atoms with Crippen LogP contribution < -0.4 is 5.32 Å². The summed E-state index contributed by atoms with van der Waals surface area (Å²) in [5.74, 6) is -0.337. The molecule has 0 aromatic carbocycles. The normalized spacial score (nSPS) is 19.4. The van der Waals surface area contributed by atoms with Crippen molar-refractivity contribution in [1.82, 2.24) is 10.2 Å². The summed E-state index contributed by atoms with van der Waals surface area (Å²) in [6, 6.07) is -0.484. The lowest BCUT2D eigenvalue weighted by molar-refractivity contribution is -0.145. The number of carbonyl (C=O) groups is 1. The highest BCUT2D eigenvalue weighted by molar-refractivity contribution is 6.56. The Labute approximate surface area is 99.2 Å². The van der Waals surface area contributed by atoms with Gasteiger partial charge in [-0.3, -0.25) is 9.69 Å². The molecule has 1 atom stereocenters. The van der Waals surface area contributed by atoms with Crippen molar-refractivity contribution in [2.45, 2.75) is 6.04 Å². The molecule has 1 fully saturated rings. The fourth-order valence-electron chi connectivity index (χ4n) is 1.52. The monoisotopic (exact) mass is 252 g/mol. The molecule has 1 rings (SSSR count).